The van der Waals surface area contributed by atoms with Crippen molar-refractivity contribution in [2.75, 3.05) is 6.54 Å². The number of aromatic amines is 1. The van der Waals surface area contributed by atoms with Crippen molar-refractivity contribution in [1.82, 2.24) is 14.9 Å². The lowest BCUT2D eigenvalue weighted by atomic mass is 10.1. The van der Waals surface area contributed by atoms with Crippen molar-refractivity contribution < 1.29 is 22.7 Å². The standard InChI is InChI=1S/C18H22F3N3O2/c1-10-8-11(18(19,20)21)14-12(9-10)22-15(23-14)13-6-5-7-24(13)16(25)26-17(2,3)4/h8-9,13H,5-7H2,1-4H3,(H,22,23)/t13-/m1/s1. The average Bonchev–Trinajstić information content (AvgIpc) is 3.09. The zero-order valence-electron chi connectivity index (χ0n) is 15.2. The van der Waals surface area contributed by atoms with E-state index in [9.17, 15) is 18.0 Å². The number of hydrogen-bond acceptors (Lipinski definition) is 3. The molecule has 3 rings (SSSR count). The number of nitrogens with zero attached hydrogens (tertiary/aromatic N) is 2. The molecule has 8 heteroatoms. The van der Waals surface area contributed by atoms with Crippen LogP contribution >= 0.6 is 0 Å². The fourth-order valence-corrected chi connectivity index (χ4v) is 3.24. The first-order valence-electron chi connectivity index (χ1n) is 8.53. The Kier molecular flexibility index (Phi) is 4.40. The van der Waals surface area contributed by atoms with Gasteiger partial charge in [-0.1, -0.05) is 0 Å². The van der Waals surface area contributed by atoms with Gasteiger partial charge in [-0.25, -0.2) is 9.78 Å². The smallest absolute Gasteiger partial charge is 0.418 e. The van der Waals surface area contributed by atoms with Gasteiger partial charge in [0.15, 0.2) is 0 Å². The summed E-state index contributed by atoms with van der Waals surface area (Å²) in [5.41, 5.74) is -0.705. The number of H-pyrrole nitrogens is 1. The predicted octanol–water partition coefficient (Wildman–Crippen LogP) is 4.96. The van der Waals surface area contributed by atoms with Crippen LogP contribution in [0.4, 0.5) is 18.0 Å². The molecule has 0 saturated carbocycles. The number of imidazole rings is 1. The Hall–Kier alpha value is -2.25. The monoisotopic (exact) mass is 369 g/mol. The number of alkyl halides is 3. The molecule has 1 amide bonds. The van der Waals surface area contributed by atoms with Crippen LogP contribution < -0.4 is 0 Å². The quantitative estimate of drug-likeness (QED) is 0.773. The number of nitrogens with one attached hydrogen (secondary N) is 1. The summed E-state index contributed by atoms with van der Waals surface area (Å²) >= 11 is 0. The van der Waals surface area contributed by atoms with Crippen LogP contribution in [0.2, 0.25) is 0 Å². The lowest BCUT2D eigenvalue weighted by molar-refractivity contribution is -0.136. The first-order valence-corrected chi connectivity index (χ1v) is 8.53. The van der Waals surface area contributed by atoms with Gasteiger partial charge in [0.2, 0.25) is 0 Å². The second-order valence-electron chi connectivity index (χ2n) is 7.66. The largest absolute Gasteiger partial charge is 0.444 e. The molecule has 1 aromatic heterocycles. The van der Waals surface area contributed by atoms with Gasteiger partial charge in [-0.2, -0.15) is 13.2 Å². The van der Waals surface area contributed by atoms with E-state index in [1.165, 1.54) is 4.90 Å². The normalized spacial score (nSPS) is 18.6. The van der Waals surface area contributed by atoms with Gasteiger partial charge in [0.1, 0.15) is 16.9 Å². The molecule has 0 bridgehead atoms. The van der Waals surface area contributed by atoms with Gasteiger partial charge in [0.05, 0.1) is 17.1 Å². The van der Waals surface area contributed by atoms with E-state index in [-0.39, 0.29) is 5.52 Å². The Morgan fingerprint density at radius 3 is 2.62 bits per heavy atom. The highest BCUT2D eigenvalue weighted by atomic mass is 19.4. The zero-order chi connectivity index (χ0) is 19.3. The molecule has 1 saturated heterocycles. The number of carbonyl (C=O) groups is 1. The van der Waals surface area contributed by atoms with E-state index < -0.39 is 29.5 Å². The first-order chi connectivity index (χ1) is 12.0. The van der Waals surface area contributed by atoms with Crippen molar-refractivity contribution in [2.24, 2.45) is 0 Å². The Bertz CT molecular complexity index is 837. The van der Waals surface area contributed by atoms with Crippen LogP contribution in [0, 0.1) is 6.92 Å². The minimum atomic E-state index is -4.49. The van der Waals surface area contributed by atoms with Crippen LogP contribution in [0.1, 0.15) is 56.6 Å². The van der Waals surface area contributed by atoms with Crippen LogP contribution in [-0.2, 0) is 10.9 Å². The number of aryl methyl sites for hydroxylation is 1. The molecule has 142 valence electrons. The SMILES string of the molecule is Cc1cc(C(F)(F)F)c2nc([C@H]3CCCN3C(=O)OC(C)(C)C)[nH]c2c1. The summed E-state index contributed by atoms with van der Waals surface area (Å²) in [6.45, 7) is 7.42. The summed E-state index contributed by atoms with van der Waals surface area (Å²) in [6, 6.07) is 2.31. The minimum absolute atomic E-state index is 0.117. The van der Waals surface area contributed by atoms with Crippen molar-refractivity contribution in [1.29, 1.82) is 0 Å². The molecule has 1 fully saturated rings. The lowest BCUT2D eigenvalue weighted by Gasteiger charge is -2.27. The highest BCUT2D eigenvalue weighted by Gasteiger charge is 2.37. The lowest BCUT2D eigenvalue weighted by Crippen LogP contribution is -2.36. The molecule has 26 heavy (non-hydrogen) atoms. The molecule has 1 aliphatic rings. The number of hydrogen-bond donors (Lipinski definition) is 1. The van der Waals surface area contributed by atoms with E-state index in [0.29, 0.717) is 29.9 Å². The summed E-state index contributed by atoms with van der Waals surface area (Å²) in [5, 5.41) is 0. The molecule has 1 aromatic carbocycles. The molecule has 5 nitrogen and oxygen atoms in total. The molecule has 1 aliphatic heterocycles. The highest BCUT2D eigenvalue weighted by molar-refractivity contribution is 5.80. The third-order valence-corrected chi connectivity index (χ3v) is 4.25. The third kappa shape index (κ3) is 3.64. The Labute approximate surface area is 149 Å². The number of rotatable bonds is 1. The zero-order valence-corrected chi connectivity index (χ0v) is 15.2. The van der Waals surface area contributed by atoms with Crippen molar-refractivity contribution in [2.45, 2.75) is 58.4 Å². The molecule has 2 heterocycles. The van der Waals surface area contributed by atoms with Gasteiger partial charge >= 0.3 is 12.3 Å². The third-order valence-electron chi connectivity index (χ3n) is 4.25. The second kappa shape index (κ2) is 6.17. The Balaban J connectivity index is 1.99. The van der Waals surface area contributed by atoms with Gasteiger partial charge < -0.3 is 9.72 Å². The molecular weight excluding hydrogens is 347 g/mol. The minimum Gasteiger partial charge on any atom is -0.444 e. The summed E-state index contributed by atoms with van der Waals surface area (Å²) < 4.78 is 45.4. The molecule has 0 radical (unpaired) electrons. The van der Waals surface area contributed by atoms with Crippen molar-refractivity contribution in [3.8, 4) is 0 Å². The van der Waals surface area contributed by atoms with Gasteiger partial charge in [0.25, 0.3) is 0 Å². The number of benzene rings is 1. The number of fused-ring (bicyclic) bond motifs is 1. The van der Waals surface area contributed by atoms with Gasteiger partial charge in [-0.3, -0.25) is 4.90 Å². The van der Waals surface area contributed by atoms with Crippen molar-refractivity contribution >= 4 is 17.1 Å². The summed E-state index contributed by atoms with van der Waals surface area (Å²) in [5.74, 6) is 0.361. The number of aromatic nitrogens is 2. The molecule has 1 N–H and O–H groups in total. The molecular formula is C18H22F3N3O2. The number of amides is 1. The van der Waals surface area contributed by atoms with Gasteiger partial charge in [-0.15, -0.1) is 0 Å². The average molecular weight is 369 g/mol. The Morgan fingerprint density at radius 1 is 1.31 bits per heavy atom. The number of likely N-dealkylation sites (tertiary alicyclic amines) is 1. The summed E-state index contributed by atoms with van der Waals surface area (Å²) in [6.07, 6.45) is -3.60. The maximum atomic E-state index is 13.3. The highest BCUT2D eigenvalue weighted by Crippen LogP contribution is 2.37. The molecule has 0 unspecified atom stereocenters. The van der Waals surface area contributed by atoms with Crippen molar-refractivity contribution in [3.63, 3.8) is 0 Å². The van der Waals surface area contributed by atoms with E-state index in [1.54, 1.807) is 33.8 Å². The van der Waals surface area contributed by atoms with E-state index >= 15 is 0 Å². The van der Waals surface area contributed by atoms with E-state index in [1.807, 2.05) is 0 Å². The molecule has 0 spiro atoms. The molecule has 1 atom stereocenters. The first kappa shape index (κ1) is 18.5. The molecule has 2 aromatic rings. The van der Waals surface area contributed by atoms with Crippen LogP contribution in [0.5, 0.6) is 0 Å². The summed E-state index contributed by atoms with van der Waals surface area (Å²) in [7, 11) is 0. The van der Waals surface area contributed by atoms with Gasteiger partial charge in [-0.05, 0) is 58.2 Å². The Morgan fingerprint density at radius 2 is 2.00 bits per heavy atom. The number of carbonyl (C=O) groups excluding carboxylic acids is 1. The second-order valence-corrected chi connectivity index (χ2v) is 7.66. The van der Waals surface area contributed by atoms with Crippen LogP contribution in [0.3, 0.4) is 0 Å². The van der Waals surface area contributed by atoms with E-state index in [0.717, 1.165) is 12.5 Å². The van der Waals surface area contributed by atoms with Crippen LogP contribution in [0.25, 0.3) is 11.0 Å². The molecule has 0 aliphatic carbocycles. The topological polar surface area (TPSA) is 58.2 Å². The van der Waals surface area contributed by atoms with Crippen LogP contribution in [-0.4, -0.2) is 33.1 Å². The summed E-state index contributed by atoms with van der Waals surface area (Å²) in [4.78, 5) is 21.1. The predicted molar refractivity (Wildman–Crippen MR) is 90.7 cm³/mol. The fourth-order valence-electron chi connectivity index (χ4n) is 3.24. The van der Waals surface area contributed by atoms with Gasteiger partial charge in [0, 0.05) is 6.54 Å². The maximum Gasteiger partial charge on any atom is 0.418 e. The van der Waals surface area contributed by atoms with Crippen LogP contribution in [0.15, 0.2) is 12.1 Å². The number of ether oxygens (including phenoxy) is 1. The van der Waals surface area contributed by atoms with Crippen molar-refractivity contribution in [3.05, 3.63) is 29.1 Å². The number of halogens is 3. The maximum absolute atomic E-state index is 13.3. The fraction of sp³-hybridized carbons (Fsp3) is 0.556. The van der Waals surface area contributed by atoms with E-state index in [2.05, 4.69) is 9.97 Å². The van der Waals surface area contributed by atoms with E-state index in [4.69, 9.17) is 4.74 Å².